The maximum atomic E-state index is 5.76. The van der Waals surface area contributed by atoms with Crippen molar-refractivity contribution in [3.63, 3.8) is 0 Å². The highest BCUT2D eigenvalue weighted by Crippen LogP contribution is 2.37. The first kappa shape index (κ1) is 11.1. The van der Waals surface area contributed by atoms with Gasteiger partial charge in [-0.1, -0.05) is 26.8 Å². The molecule has 3 heteroatoms. The SMILES string of the molecule is CC(C)(C)c1ccc(N)c(Br)c1Br. The molecule has 13 heavy (non-hydrogen) atoms. The van der Waals surface area contributed by atoms with Gasteiger partial charge in [-0.25, -0.2) is 0 Å². The molecular formula is C10H13Br2N. The van der Waals surface area contributed by atoms with Crippen molar-refractivity contribution in [2.75, 3.05) is 5.73 Å². The fourth-order valence-electron chi connectivity index (χ4n) is 1.14. The van der Waals surface area contributed by atoms with E-state index in [1.807, 2.05) is 6.07 Å². The molecule has 0 atom stereocenters. The second-order valence-electron chi connectivity index (χ2n) is 4.08. The lowest BCUT2D eigenvalue weighted by Gasteiger charge is -2.21. The summed E-state index contributed by atoms with van der Waals surface area (Å²) in [6.45, 7) is 6.53. The Morgan fingerprint density at radius 3 is 2.08 bits per heavy atom. The molecule has 0 aliphatic carbocycles. The largest absolute Gasteiger partial charge is 0.398 e. The Bertz CT molecular complexity index is 326. The molecule has 0 fully saturated rings. The third-order valence-corrected chi connectivity index (χ3v) is 4.13. The Kier molecular flexibility index (Phi) is 3.08. The second kappa shape index (κ2) is 3.62. The number of benzene rings is 1. The van der Waals surface area contributed by atoms with E-state index in [1.165, 1.54) is 5.56 Å². The van der Waals surface area contributed by atoms with E-state index in [-0.39, 0.29) is 5.41 Å². The molecule has 0 saturated heterocycles. The average Bonchev–Trinajstić information content (AvgIpc) is 1.98. The van der Waals surface area contributed by atoms with Gasteiger partial charge in [0.2, 0.25) is 0 Å². The van der Waals surface area contributed by atoms with Gasteiger partial charge in [0.25, 0.3) is 0 Å². The maximum Gasteiger partial charge on any atom is 0.0549 e. The summed E-state index contributed by atoms with van der Waals surface area (Å²) in [7, 11) is 0. The minimum Gasteiger partial charge on any atom is -0.398 e. The molecule has 0 spiro atoms. The molecule has 2 N–H and O–H groups in total. The number of nitrogen functional groups attached to an aromatic ring is 1. The van der Waals surface area contributed by atoms with Gasteiger partial charge in [0.15, 0.2) is 0 Å². The summed E-state index contributed by atoms with van der Waals surface area (Å²) in [5.41, 5.74) is 7.91. The number of hydrogen-bond acceptors (Lipinski definition) is 1. The van der Waals surface area contributed by atoms with Gasteiger partial charge in [0.05, 0.1) is 4.47 Å². The molecule has 0 aliphatic rings. The van der Waals surface area contributed by atoms with Gasteiger partial charge < -0.3 is 5.73 Å². The highest BCUT2D eigenvalue weighted by molar-refractivity contribution is 9.13. The first-order chi connectivity index (χ1) is 5.84. The van der Waals surface area contributed by atoms with Gasteiger partial charge in [-0.15, -0.1) is 0 Å². The number of rotatable bonds is 0. The van der Waals surface area contributed by atoms with E-state index in [0.29, 0.717) is 0 Å². The molecule has 1 nitrogen and oxygen atoms in total. The standard InChI is InChI=1S/C10H13Br2N/c1-10(2,3)6-4-5-7(13)9(12)8(6)11/h4-5H,13H2,1-3H3. The van der Waals surface area contributed by atoms with Crippen molar-refractivity contribution in [3.8, 4) is 0 Å². The van der Waals surface area contributed by atoms with Crippen LogP contribution in [0.3, 0.4) is 0 Å². The van der Waals surface area contributed by atoms with Crippen LogP contribution in [0.5, 0.6) is 0 Å². The van der Waals surface area contributed by atoms with Crippen LogP contribution >= 0.6 is 31.9 Å². The van der Waals surface area contributed by atoms with Gasteiger partial charge in [-0.3, -0.25) is 0 Å². The minimum atomic E-state index is 0.134. The van der Waals surface area contributed by atoms with E-state index in [0.717, 1.165) is 14.6 Å². The molecule has 0 bridgehead atoms. The molecule has 0 amide bonds. The van der Waals surface area contributed by atoms with Gasteiger partial charge in [-0.2, -0.15) is 0 Å². The third kappa shape index (κ3) is 2.26. The molecule has 0 aromatic heterocycles. The lowest BCUT2D eigenvalue weighted by molar-refractivity contribution is 0.587. The molecule has 1 aromatic carbocycles. The van der Waals surface area contributed by atoms with Crippen molar-refractivity contribution < 1.29 is 0 Å². The van der Waals surface area contributed by atoms with Crippen LogP contribution in [0, 0.1) is 0 Å². The Morgan fingerprint density at radius 1 is 1.08 bits per heavy atom. The lowest BCUT2D eigenvalue weighted by atomic mass is 9.87. The normalized spacial score (nSPS) is 11.8. The molecule has 0 unspecified atom stereocenters. The van der Waals surface area contributed by atoms with E-state index in [1.54, 1.807) is 0 Å². The van der Waals surface area contributed by atoms with Crippen LogP contribution in [-0.4, -0.2) is 0 Å². The molecule has 0 radical (unpaired) electrons. The number of nitrogens with two attached hydrogens (primary N) is 1. The fraction of sp³-hybridized carbons (Fsp3) is 0.400. The molecular weight excluding hydrogens is 294 g/mol. The van der Waals surface area contributed by atoms with Gasteiger partial charge in [-0.05, 0) is 48.9 Å². The van der Waals surface area contributed by atoms with Crippen molar-refractivity contribution in [1.29, 1.82) is 0 Å². The fourth-order valence-corrected chi connectivity index (χ4v) is 2.45. The van der Waals surface area contributed by atoms with Crippen LogP contribution < -0.4 is 5.73 Å². The maximum absolute atomic E-state index is 5.76. The van der Waals surface area contributed by atoms with Crippen LogP contribution in [0.15, 0.2) is 21.1 Å². The summed E-state index contributed by atoms with van der Waals surface area (Å²) in [4.78, 5) is 0. The van der Waals surface area contributed by atoms with E-state index >= 15 is 0 Å². The zero-order chi connectivity index (χ0) is 10.2. The summed E-state index contributed by atoms with van der Waals surface area (Å²) in [5, 5.41) is 0. The summed E-state index contributed by atoms with van der Waals surface area (Å²) in [6.07, 6.45) is 0. The quantitative estimate of drug-likeness (QED) is 0.718. The van der Waals surface area contributed by atoms with E-state index < -0.39 is 0 Å². The number of halogens is 2. The van der Waals surface area contributed by atoms with E-state index in [2.05, 4.69) is 58.7 Å². The summed E-state index contributed by atoms with van der Waals surface area (Å²) < 4.78 is 2.00. The van der Waals surface area contributed by atoms with Crippen molar-refractivity contribution in [2.45, 2.75) is 26.2 Å². The Morgan fingerprint density at radius 2 is 1.62 bits per heavy atom. The predicted octanol–water partition coefficient (Wildman–Crippen LogP) is 4.09. The third-order valence-electron chi connectivity index (χ3n) is 1.92. The van der Waals surface area contributed by atoms with E-state index in [9.17, 15) is 0 Å². The van der Waals surface area contributed by atoms with Crippen molar-refractivity contribution in [2.24, 2.45) is 0 Å². The number of anilines is 1. The van der Waals surface area contributed by atoms with Crippen molar-refractivity contribution in [1.82, 2.24) is 0 Å². The lowest BCUT2D eigenvalue weighted by Crippen LogP contribution is -2.12. The Balaban J connectivity index is 3.35. The smallest absolute Gasteiger partial charge is 0.0549 e. The van der Waals surface area contributed by atoms with Gasteiger partial charge >= 0.3 is 0 Å². The van der Waals surface area contributed by atoms with Crippen LogP contribution in [0.25, 0.3) is 0 Å². The molecule has 1 rings (SSSR count). The Labute approximate surface area is 96.0 Å². The second-order valence-corrected chi connectivity index (χ2v) is 5.67. The molecule has 0 heterocycles. The van der Waals surface area contributed by atoms with Crippen LogP contribution in [0.4, 0.5) is 5.69 Å². The first-order valence-electron chi connectivity index (χ1n) is 4.08. The first-order valence-corrected chi connectivity index (χ1v) is 5.66. The highest BCUT2D eigenvalue weighted by atomic mass is 79.9. The van der Waals surface area contributed by atoms with Crippen molar-refractivity contribution >= 4 is 37.5 Å². The molecule has 0 aliphatic heterocycles. The Hall–Kier alpha value is -0.0200. The predicted molar refractivity (Wildman–Crippen MR) is 65.0 cm³/mol. The molecule has 0 saturated carbocycles. The summed E-state index contributed by atoms with van der Waals surface area (Å²) in [5.74, 6) is 0. The topological polar surface area (TPSA) is 26.0 Å². The monoisotopic (exact) mass is 305 g/mol. The van der Waals surface area contributed by atoms with Crippen molar-refractivity contribution in [3.05, 3.63) is 26.6 Å². The van der Waals surface area contributed by atoms with Gasteiger partial charge in [0, 0.05) is 10.2 Å². The zero-order valence-electron chi connectivity index (χ0n) is 7.99. The highest BCUT2D eigenvalue weighted by Gasteiger charge is 2.19. The van der Waals surface area contributed by atoms with E-state index in [4.69, 9.17) is 5.73 Å². The molecule has 72 valence electrons. The summed E-state index contributed by atoms with van der Waals surface area (Å²) in [6, 6.07) is 3.99. The van der Waals surface area contributed by atoms with Gasteiger partial charge in [0.1, 0.15) is 0 Å². The number of hydrogen-bond donors (Lipinski definition) is 1. The molecule has 1 aromatic rings. The zero-order valence-corrected chi connectivity index (χ0v) is 11.2. The van der Waals surface area contributed by atoms with Crippen LogP contribution in [0.2, 0.25) is 0 Å². The van der Waals surface area contributed by atoms with Crippen LogP contribution in [0.1, 0.15) is 26.3 Å². The summed E-state index contributed by atoms with van der Waals surface area (Å²) >= 11 is 6.99. The average molecular weight is 307 g/mol. The minimum absolute atomic E-state index is 0.134. The van der Waals surface area contributed by atoms with Crippen LogP contribution in [-0.2, 0) is 5.41 Å².